The highest BCUT2D eigenvalue weighted by atomic mass is 16.5. The van der Waals surface area contributed by atoms with Crippen molar-refractivity contribution < 1.29 is 14.3 Å². The van der Waals surface area contributed by atoms with Crippen LogP contribution in [0.1, 0.15) is 12.0 Å². The second-order valence-electron chi connectivity index (χ2n) is 5.01. The molecule has 128 valence electrons. The smallest absolute Gasteiger partial charge is 0.249 e. The third kappa shape index (κ3) is 6.31. The molecule has 0 heterocycles. The number of hydrogen-bond donors (Lipinski definition) is 2. The predicted molar refractivity (Wildman–Crippen MR) is 98.4 cm³/mol. The molecule has 0 bridgehead atoms. The average molecular weight is 337 g/mol. The van der Waals surface area contributed by atoms with E-state index >= 15 is 0 Å². The summed E-state index contributed by atoms with van der Waals surface area (Å²) in [4.78, 5) is 23.6. The minimum absolute atomic E-state index is 0.336. The molecular formula is C19H19N3O3. The molecular weight excluding hydrogens is 318 g/mol. The maximum absolute atomic E-state index is 11.9. The van der Waals surface area contributed by atoms with Crippen LogP contribution in [0.3, 0.4) is 0 Å². The molecule has 2 amide bonds. The van der Waals surface area contributed by atoms with E-state index in [0.717, 1.165) is 5.56 Å². The van der Waals surface area contributed by atoms with E-state index in [9.17, 15) is 9.59 Å². The van der Waals surface area contributed by atoms with Gasteiger partial charge in [0.1, 0.15) is 12.2 Å². The molecule has 0 atom stereocenters. The summed E-state index contributed by atoms with van der Waals surface area (Å²) in [5, 5.41) is 6.39. The van der Waals surface area contributed by atoms with Crippen molar-refractivity contribution in [1.82, 2.24) is 5.43 Å². The molecule has 0 spiro atoms. The Hall–Kier alpha value is -3.41. The third-order valence-electron chi connectivity index (χ3n) is 3.14. The summed E-state index contributed by atoms with van der Waals surface area (Å²) in [5.41, 5.74) is 3.84. The predicted octanol–water partition coefficient (Wildman–Crippen LogP) is 2.84. The van der Waals surface area contributed by atoms with Crippen LogP contribution in [0.5, 0.6) is 5.75 Å². The topological polar surface area (TPSA) is 79.8 Å². The molecule has 6 heteroatoms. The van der Waals surface area contributed by atoms with Crippen molar-refractivity contribution in [2.75, 3.05) is 12.4 Å². The van der Waals surface area contributed by atoms with Crippen molar-refractivity contribution in [3.8, 4) is 5.75 Å². The summed E-state index contributed by atoms with van der Waals surface area (Å²) in [6.45, 7) is 0. The fourth-order valence-corrected chi connectivity index (χ4v) is 2.00. The summed E-state index contributed by atoms with van der Waals surface area (Å²) in [7, 11) is 1.51. The van der Waals surface area contributed by atoms with Gasteiger partial charge in [0, 0.05) is 6.21 Å². The summed E-state index contributed by atoms with van der Waals surface area (Å²) >= 11 is 0. The van der Waals surface area contributed by atoms with Crippen molar-refractivity contribution in [3.05, 3.63) is 66.2 Å². The third-order valence-corrected chi connectivity index (χ3v) is 3.14. The van der Waals surface area contributed by atoms with E-state index in [1.807, 2.05) is 36.4 Å². The number of allylic oxidation sites excluding steroid dienone is 1. The zero-order valence-electron chi connectivity index (χ0n) is 13.8. The zero-order chi connectivity index (χ0) is 17.9. The van der Waals surface area contributed by atoms with E-state index in [0.29, 0.717) is 11.4 Å². The van der Waals surface area contributed by atoms with Crippen LogP contribution in [0, 0.1) is 0 Å². The molecule has 0 unspecified atom stereocenters. The molecule has 0 saturated carbocycles. The Morgan fingerprint density at radius 2 is 1.76 bits per heavy atom. The number of anilines is 1. The molecule has 2 rings (SSSR count). The largest absolute Gasteiger partial charge is 0.495 e. The van der Waals surface area contributed by atoms with Crippen molar-refractivity contribution >= 4 is 29.8 Å². The molecule has 0 aliphatic rings. The normalized spacial score (nSPS) is 10.8. The van der Waals surface area contributed by atoms with Gasteiger partial charge >= 0.3 is 0 Å². The zero-order valence-corrected chi connectivity index (χ0v) is 13.8. The van der Waals surface area contributed by atoms with Crippen LogP contribution in [0.25, 0.3) is 6.08 Å². The number of rotatable bonds is 7. The Kier molecular flexibility index (Phi) is 6.94. The maximum atomic E-state index is 11.9. The fourth-order valence-electron chi connectivity index (χ4n) is 2.00. The minimum Gasteiger partial charge on any atom is -0.495 e. The first-order valence-electron chi connectivity index (χ1n) is 7.65. The van der Waals surface area contributed by atoms with Crippen molar-refractivity contribution in [2.45, 2.75) is 6.42 Å². The Bertz CT molecular complexity index is 770. The lowest BCUT2D eigenvalue weighted by atomic mass is 10.2. The summed E-state index contributed by atoms with van der Waals surface area (Å²) in [6.07, 6.45) is 4.66. The number of methoxy groups -OCH3 is 1. The van der Waals surface area contributed by atoms with Crippen molar-refractivity contribution in [3.63, 3.8) is 0 Å². The number of para-hydroxylation sites is 2. The lowest BCUT2D eigenvalue weighted by Crippen LogP contribution is -2.24. The molecule has 0 aromatic heterocycles. The number of ether oxygens (including phenoxy) is 1. The highest BCUT2D eigenvalue weighted by Gasteiger charge is 2.11. The van der Waals surface area contributed by atoms with Gasteiger partial charge in [-0.05, 0) is 23.8 Å². The molecule has 25 heavy (non-hydrogen) atoms. The summed E-state index contributed by atoms with van der Waals surface area (Å²) in [6, 6.07) is 16.7. The Morgan fingerprint density at radius 3 is 2.52 bits per heavy atom. The number of hydrogen-bond acceptors (Lipinski definition) is 4. The van der Waals surface area contributed by atoms with E-state index in [1.54, 1.807) is 30.3 Å². The maximum Gasteiger partial charge on any atom is 0.249 e. The van der Waals surface area contributed by atoms with Gasteiger partial charge < -0.3 is 10.1 Å². The van der Waals surface area contributed by atoms with Crippen LogP contribution in [-0.4, -0.2) is 25.1 Å². The fraction of sp³-hybridized carbons (Fsp3) is 0.105. The van der Waals surface area contributed by atoms with Gasteiger partial charge in [-0.1, -0.05) is 48.5 Å². The number of hydrazone groups is 1. The molecule has 0 radical (unpaired) electrons. The number of amides is 2. The van der Waals surface area contributed by atoms with Crippen molar-refractivity contribution in [1.29, 1.82) is 0 Å². The van der Waals surface area contributed by atoms with E-state index in [-0.39, 0.29) is 6.42 Å². The van der Waals surface area contributed by atoms with Crippen LogP contribution in [-0.2, 0) is 9.59 Å². The first kappa shape index (κ1) is 17.9. The van der Waals surface area contributed by atoms with Gasteiger partial charge in [0.25, 0.3) is 0 Å². The van der Waals surface area contributed by atoms with Gasteiger partial charge in [0.05, 0.1) is 12.8 Å². The van der Waals surface area contributed by atoms with Crippen LogP contribution < -0.4 is 15.5 Å². The van der Waals surface area contributed by atoms with Crippen LogP contribution in [0.4, 0.5) is 5.69 Å². The highest BCUT2D eigenvalue weighted by molar-refractivity contribution is 6.04. The van der Waals surface area contributed by atoms with Gasteiger partial charge in [-0.2, -0.15) is 5.10 Å². The Morgan fingerprint density at radius 1 is 1.04 bits per heavy atom. The van der Waals surface area contributed by atoms with E-state index < -0.39 is 11.8 Å². The highest BCUT2D eigenvalue weighted by Crippen LogP contribution is 2.22. The van der Waals surface area contributed by atoms with E-state index in [2.05, 4.69) is 15.8 Å². The number of nitrogens with zero attached hydrogens (tertiary/aromatic N) is 1. The SMILES string of the molecule is COc1ccccc1NC(=O)CC(=O)NN=CC=Cc1ccccc1. The Balaban J connectivity index is 1.77. The quantitative estimate of drug-likeness (QED) is 0.463. The molecule has 0 aliphatic carbocycles. The van der Waals surface area contributed by atoms with E-state index in [4.69, 9.17) is 4.74 Å². The molecule has 0 aliphatic heterocycles. The number of benzene rings is 2. The lowest BCUT2D eigenvalue weighted by molar-refractivity contribution is -0.126. The van der Waals surface area contributed by atoms with Crippen LogP contribution >= 0.6 is 0 Å². The number of carbonyl (C=O) groups is 2. The van der Waals surface area contributed by atoms with Gasteiger partial charge in [-0.25, -0.2) is 5.43 Å². The molecule has 2 aromatic carbocycles. The summed E-state index contributed by atoms with van der Waals surface area (Å²) in [5.74, 6) is -0.422. The first-order chi connectivity index (χ1) is 12.2. The monoisotopic (exact) mass is 337 g/mol. The number of carbonyl (C=O) groups excluding carboxylic acids is 2. The van der Waals surface area contributed by atoms with Gasteiger partial charge in [0.15, 0.2) is 0 Å². The van der Waals surface area contributed by atoms with Crippen molar-refractivity contribution in [2.24, 2.45) is 5.10 Å². The summed E-state index contributed by atoms with van der Waals surface area (Å²) < 4.78 is 5.13. The van der Waals surface area contributed by atoms with Gasteiger partial charge in [0.2, 0.25) is 11.8 Å². The van der Waals surface area contributed by atoms with Gasteiger partial charge in [-0.3, -0.25) is 9.59 Å². The molecule has 2 N–H and O–H groups in total. The van der Waals surface area contributed by atoms with Crippen LogP contribution in [0.15, 0.2) is 65.8 Å². The molecule has 0 fully saturated rings. The molecule has 0 saturated heterocycles. The molecule has 6 nitrogen and oxygen atoms in total. The van der Waals surface area contributed by atoms with E-state index in [1.165, 1.54) is 13.3 Å². The molecule has 2 aromatic rings. The number of nitrogens with one attached hydrogen (secondary N) is 2. The Labute approximate surface area is 146 Å². The first-order valence-corrected chi connectivity index (χ1v) is 7.65. The standard InChI is InChI=1S/C19H19N3O3/c1-25-17-12-6-5-11-16(17)21-18(23)14-19(24)22-20-13-7-10-15-8-3-2-4-9-15/h2-13H,14H2,1H3,(H,21,23)(H,22,24). The second-order valence-corrected chi connectivity index (χ2v) is 5.01. The lowest BCUT2D eigenvalue weighted by Gasteiger charge is -2.09. The van der Waals surface area contributed by atoms with Gasteiger partial charge in [-0.15, -0.1) is 0 Å². The van der Waals surface area contributed by atoms with Crippen LogP contribution in [0.2, 0.25) is 0 Å². The minimum atomic E-state index is -0.503. The second kappa shape index (κ2) is 9.67. The average Bonchev–Trinajstić information content (AvgIpc) is 2.62.